The van der Waals surface area contributed by atoms with Gasteiger partial charge < -0.3 is 4.42 Å². The third kappa shape index (κ3) is 3.07. The lowest BCUT2D eigenvalue weighted by Crippen LogP contribution is -2.12. The number of halogens is 2. The van der Waals surface area contributed by atoms with Gasteiger partial charge in [0.2, 0.25) is 0 Å². The van der Waals surface area contributed by atoms with Crippen LogP contribution in [-0.2, 0) is 6.42 Å². The standard InChI is InChI=1S/C12H9ClINO2/c1-7-11(13)15-10(12(16)17-7)6-8-2-4-9(14)5-3-8/h2-5H,6H2,1H3. The first kappa shape index (κ1) is 12.6. The molecule has 0 aliphatic heterocycles. The second kappa shape index (κ2) is 5.18. The van der Waals surface area contributed by atoms with Gasteiger partial charge in [0.25, 0.3) is 0 Å². The first-order chi connectivity index (χ1) is 8.06. The average molecular weight is 362 g/mol. The third-order valence-electron chi connectivity index (χ3n) is 2.29. The molecule has 0 bridgehead atoms. The van der Waals surface area contributed by atoms with Gasteiger partial charge in [0, 0.05) is 9.99 Å². The fourth-order valence-corrected chi connectivity index (χ4v) is 1.89. The summed E-state index contributed by atoms with van der Waals surface area (Å²) in [7, 11) is 0. The van der Waals surface area contributed by atoms with E-state index in [1.54, 1.807) is 6.92 Å². The summed E-state index contributed by atoms with van der Waals surface area (Å²) in [6, 6.07) is 7.87. The van der Waals surface area contributed by atoms with Crippen molar-refractivity contribution in [2.45, 2.75) is 13.3 Å². The van der Waals surface area contributed by atoms with E-state index in [2.05, 4.69) is 27.6 Å². The van der Waals surface area contributed by atoms with Crippen LogP contribution < -0.4 is 5.63 Å². The van der Waals surface area contributed by atoms with E-state index in [9.17, 15) is 4.79 Å². The SMILES string of the molecule is Cc1oc(=O)c(Cc2ccc(I)cc2)nc1Cl. The lowest BCUT2D eigenvalue weighted by Gasteiger charge is -2.02. The molecule has 2 aromatic rings. The van der Waals surface area contributed by atoms with Gasteiger partial charge in [-0.05, 0) is 47.2 Å². The predicted octanol–water partition coefficient (Wildman–Crippen LogP) is 3.19. The minimum absolute atomic E-state index is 0.241. The summed E-state index contributed by atoms with van der Waals surface area (Å²) < 4.78 is 6.13. The summed E-state index contributed by atoms with van der Waals surface area (Å²) in [5.41, 5.74) is 0.914. The van der Waals surface area contributed by atoms with Crippen LogP contribution in [0.25, 0.3) is 0 Å². The lowest BCUT2D eigenvalue weighted by atomic mass is 10.1. The van der Waals surface area contributed by atoms with Crippen molar-refractivity contribution in [2.75, 3.05) is 0 Å². The minimum Gasteiger partial charge on any atom is -0.424 e. The zero-order valence-electron chi connectivity index (χ0n) is 9.04. The molecule has 0 aliphatic carbocycles. The summed E-state index contributed by atoms with van der Waals surface area (Å²) in [6.45, 7) is 1.62. The number of benzene rings is 1. The summed E-state index contributed by atoms with van der Waals surface area (Å²) in [5, 5.41) is 0.241. The van der Waals surface area contributed by atoms with Crippen LogP contribution in [0.1, 0.15) is 17.0 Å². The van der Waals surface area contributed by atoms with E-state index in [0.29, 0.717) is 17.9 Å². The Kier molecular flexibility index (Phi) is 3.83. The van der Waals surface area contributed by atoms with Crippen LogP contribution in [-0.4, -0.2) is 4.98 Å². The van der Waals surface area contributed by atoms with Gasteiger partial charge in [0.05, 0.1) is 0 Å². The van der Waals surface area contributed by atoms with Gasteiger partial charge in [0.15, 0.2) is 5.15 Å². The van der Waals surface area contributed by atoms with Crippen LogP contribution in [0.4, 0.5) is 0 Å². The zero-order chi connectivity index (χ0) is 12.4. The number of aromatic nitrogens is 1. The Hall–Kier alpha value is -0.880. The molecule has 0 saturated heterocycles. The summed E-state index contributed by atoms with van der Waals surface area (Å²) >= 11 is 8.06. The number of hydrogen-bond acceptors (Lipinski definition) is 3. The fraction of sp³-hybridized carbons (Fsp3) is 0.167. The van der Waals surface area contributed by atoms with Gasteiger partial charge in [-0.3, -0.25) is 0 Å². The van der Waals surface area contributed by atoms with Crippen molar-refractivity contribution in [1.29, 1.82) is 0 Å². The molecular formula is C12H9ClINO2. The minimum atomic E-state index is -0.426. The largest absolute Gasteiger partial charge is 0.424 e. The Bertz CT molecular complexity index is 592. The van der Waals surface area contributed by atoms with Crippen LogP contribution >= 0.6 is 34.2 Å². The van der Waals surface area contributed by atoms with Crippen molar-refractivity contribution >= 4 is 34.2 Å². The van der Waals surface area contributed by atoms with Gasteiger partial charge in [0.1, 0.15) is 11.5 Å². The van der Waals surface area contributed by atoms with E-state index in [-0.39, 0.29) is 5.15 Å². The molecule has 0 saturated carbocycles. The third-order valence-corrected chi connectivity index (χ3v) is 3.36. The highest BCUT2D eigenvalue weighted by atomic mass is 127. The Morgan fingerprint density at radius 3 is 2.65 bits per heavy atom. The van der Waals surface area contributed by atoms with Crippen molar-refractivity contribution in [2.24, 2.45) is 0 Å². The molecule has 1 aromatic carbocycles. The van der Waals surface area contributed by atoms with Crippen LogP contribution in [0.5, 0.6) is 0 Å². The summed E-state index contributed by atoms with van der Waals surface area (Å²) in [4.78, 5) is 15.6. The molecule has 3 nitrogen and oxygen atoms in total. The second-order valence-corrected chi connectivity index (χ2v) is 5.20. The molecule has 0 unspecified atom stereocenters. The number of hydrogen-bond donors (Lipinski definition) is 0. The first-order valence-corrected chi connectivity index (χ1v) is 6.42. The average Bonchev–Trinajstić information content (AvgIpc) is 2.29. The molecule has 0 N–H and O–H groups in total. The van der Waals surface area contributed by atoms with Crippen LogP contribution in [0.15, 0.2) is 33.5 Å². The molecule has 0 aliphatic rings. The van der Waals surface area contributed by atoms with Crippen molar-refractivity contribution in [3.05, 3.63) is 60.4 Å². The van der Waals surface area contributed by atoms with E-state index in [0.717, 1.165) is 9.13 Å². The van der Waals surface area contributed by atoms with Crippen molar-refractivity contribution in [3.63, 3.8) is 0 Å². The molecule has 0 radical (unpaired) electrons. The van der Waals surface area contributed by atoms with Gasteiger partial charge in [-0.25, -0.2) is 9.78 Å². The summed E-state index contributed by atoms with van der Waals surface area (Å²) in [6.07, 6.45) is 0.430. The topological polar surface area (TPSA) is 43.1 Å². The molecule has 0 fully saturated rings. The highest BCUT2D eigenvalue weighted by Gasteiger charge is 2.09. The van der Waals surface area contributed by atoms with Crippen LogP contribution in [0.3, 0.4) is 0 Å². The quantitative estimate of drug-likeness (QED) is 0.772. The molecule has 2 rings (SSSR count). The highest BCUT2D eigenvalue weighted by Crippen LogP contribution is 2.13. The van der Waals surface area contributed by atoms with Crippen molar-refractivity contribution < 1.29 is 4.42 Å². The van der Waals surface area contributed by atoms with E-state index in [1.807, 2.05) is 24.3 Å². The fourth-order valence-electron chi connectivity index (χ4n) is 1.39. The molecule has 0 amide bonds. The Morgan fingerprint density at radius 2 is 2.00 bits per heavy atom. The number of aryl methyl sites for hydroxylation is 1. The second-order valence-electron chi connectivity index (χ2n) is 3.60. The molecule has 88 valence electrons. The number of nitrogens with zero attached hydrogens (tertiary/aromatic N) is 1. The maximum Gasteiger partial charge on any atom is 0.358 e. The Balaban J connectivity index is 2.33. The van der Waals surface area contributed by atoms with Crippen molar-refractivity contribution in [3.8, 4) is 0 Å². The predicted molar refractivity (Wildman–Crippen MR) is 74.5 cm³/mol. The van der Waals surface area contributed by atoms with Gasteiger partial charge in [-0.1, -0.05) is 23.7 Å². The molecule has 5 heteroatoms. The Morgan fingerprint density at radius 1 is 1.35 bits per heavy atom. The molecule has 1 heterocycles. The maximum atomic E-state index is 11.6. The van der Waals surface area contributed by atoms with E-state index in [1.165, 1.54) is 0 Å². The normalized spacial score (nSPS) is 10.5. The molecular weight excluding hydrogens is 352 g/mol. The van der Waals surface area contributed by atoms with E-state index >= 15 is 0 Å². The zero-order valence-corrected chi connectivity index (χ0v) is 11.9. The van der Waals surface area contributed by atoms with Gasteiger partial charge in [-0.15, -0.1) is 0 Å². The van der Waals surface area contributed by atoms with E-state index in [4.69, 9.17) is 16.0 Å². The smallest absolute Gasteiger partial charge is 0.358 e. The van der Waals surface area contributed by atoms with Crippen molar-refractivity contribution in [1.82, 2.24) is 4.98 Å². The van der Waals surface area contributed by atoms with Crippen LogP contribution in [0, 0.1) is 10.5 Å². The molecule has 0 atom stereocenters. The van der Waals surface area contributed by atoms with E-state index < -0.39 is 5.63 Å². The lowest BCUT2D eigenvalue weighted by molar-refractivity contribution is 0.464. The van der Waals surface area contributed by atoms with Gasteiger partial charge in [-0.2, -0.15) is 0 Å². The summed E-state index contributed by atoms with van der Waals surface area (Å²) in [5.74, 6) is 0.350. The maximum absolute atomic E-state index is 11.6. The Labute approximate surface area is 117 Å². The first-order valence-electron chi connectivity index (χ1n) is 4.97. The highest BCUT2D eigenvalue weighted by molar-refractivity contribution is 14.1. The monoisotopic (exact) mass is 361 g/mol. The van der Waals surface area contributed by atoms with Gasteiger partial charge >= 0.3 is 5.63 Å². The molecule has 1 aromatic heterocycles. The molecule has 0 spiro atoms. The number of rotatable bonds is 2. The van der Waals surface area contributed by atoms with Crippen LogP contribution in [0.2, 0.25) is 5.15 Å². The molecule has 17 heavy (non-hydrogen) atoms.